The van der Waals surface area contributed by atoms with Crippen molar-refractivity contribution in [3.8, 4) is 0 Å². The zero-order chi connectivity index (χ0) is 14.7. The molecule has 3 rings (SSSR count). The minimum absolute atomic E-state index is 0.0261. The molecule has 7 heteroatoms. The first-order chi connectivity index (χ1) is 10.2. The van der Waals surface area contributed by atoms with Crippen LogP contribution in [0.4, 0.5) is 0 Å². The van der Waals surface area contributed by atoms with Crippen LogP contribution in [0.1, 0.15) is 25.7 Å². The minimum atomic E-state index is -0.506. The smallest absolute Gasteiger partial charge is 0.335 e. The number of hydrogen-bond donors (Lipinski definition) is 0. The first kappa shape index (κ1) is 14.7. The molecule has 1 unspecified atom stereocenters. The lowest BCUT2D eigenvalue weighted by Gasteiger charge is -2.24. The Bertz CT molecular complexity index is 385. The van der Waals surface area contributed by atoms with Gasteiger partial charge >= 0.3 is 11.9 Å². The van der Waals surface area contributed by atoms with Crippen molar-refractivity contribution in [3.63, 3.8) is 0 Å². The lowest BCUT2D eigenvalue weighted by atomic mass is 10.0. The largest absolute Gasteiger partial charge is 0.460 e. The van der Waals surface area contributed by atoms with Crippen LogP contribution < -0.4 is 0 Å². The van der Waals surface area contributed by atoms with Gasteiger partial charge in [0.15, 0.2) is 12.4 Å². The Labute approximate surface area is 122 Å². The average Bonchev–Trinajstić information content (AvgIpc) is 3.14. The molecule has 0 N–H and O–H groups in total. The maximum Gasteiger partial charge on any atom is 0.335 e. The Morgan fingerprint density at radius 2 is 1.95 bits per heavy atom. The number of rotatable bonds is 4. The standard InChI is InChI=1S/C14H20O7/c15-12-7-9(14-18-5-6-19-14)11(21-12)8-20-13(16)10-3-1-2-4-17-10/h9-11,14H,1-8H2/t9-,10?,11+/m0/s1. The van der Waals surface area contributed by atoms with E-state index in [1.54, 1.807) is 0 Å². The molecule has 3 heterocycles. The molecular formula is C14H20O7. The molecular weight excluding hydrogens is 280 g/mol. The molecule has 3 fully saturated rings. The zero-order valence-corrected chi connectivity index (χ0v) is 11.8. The Hall–Kier alpha value is -1.18. The van der Waals surface area contributed by atoms with Crippen LogP contribution in [0.3, 0.4) is 0 Å². The van der Waals surface area contributed by atoms with Gasteiger partial charge in [-0.15, -0.1) is 0 Å². The van der Waals surface area contributed by atoms with E-state index in [0.29, 0.717) is 26.2 Å². The highest BCUT2D eigenvalue weighted by Gasteiger charge is 2.43. The van der Waals surface area contributed by atoms with Crippen molar-refractivity contribution < 1.29 is 33.3 Å². The lowest BCUT2D eigenvalue weighted by molar-refractivity contribution is -0.169. The van der Waals surface area contributed by atoms with E-state index in [9.17, 15) is 9.59 Å². The summed E-state index contributed by atoms with van der Waals surface area (Å²) in [5.74, 6) is -0.918. The van der Waals surface area contributed by atoms with Gasteiger partial charge in [0.05, 0.1) is 25.6 Å². The van der Waals surface area contributed by atoms with E-state index < -0.39 is 18.5 Å². The van der Waals surface area contributed by atoms with Crippen LogP contribution in [0, 0.1) is 5.92 Å². The number of esters is 2. The first-order valence-corrected chi connectivity index (χ1v) is 7.45. The summed E-state index contributed by atoms with van der Waals surface area (Å²) in [7, 11) is 0. The van der Waals surface area contributed by atoms with E-state index in [-0.39, 0.29) is 30.9 Å². The average molecular weight is 300 g/mol. The topological polar surface area (TPSA) is 80.3 Å². The Kier molecular flexibility index (Phi) is 4.72. The van der Waals surface area contributed by atoms with E-state index in [4.69, 9.17) is 23.7 Å². The number of ether oxygens (including phenoxy) is 5. The summed E-state index contributed by atoms with van der Waals surface area (Å²) in [5.41, 5.74) is 0. The molecule has 0 aromatic heterocycles. The molecule has 3 aliphatic rings. The van der Waals surface area contributed by atoms with Crippen LogP contribution in [0.25, 0.3) is 0 Å². The van der Waals surface area contributed by atoms with Gasteiger partial charge in [0, 0.05) is 6.61 Å². The van der Waals surface area contributed by atoms with Crippen molar-refractivity contribution in [2.45, 2.75) is 44.2 Å². The molecule has 3 aliphatic heterocycles. The maximum absolute atomic E-state index is 11.9. The molecule has 0 saturated carbocycles. The van der Waals surface area contributed by atoms with Gasteiger partial charge in [0.25, 0.3) is 0 Å². The summed E-state index contributed by atoms with van der Waals surface area (Å²) < 4.78 is 26.7. The van der Waals surface area contributed by atoms with Crippen molar-refractivity contribution in [3.05, 3.63) is 0 Å². The summed E-state index contributed by atoms with van der Waals surface area (Å²) in [4.78, 5) is 23.4. The lowest BCUT2D eigenvalue weighted by Crippen LogP contribution is -2.36. The van der Waals surface area contributed by atoms with Gasteiger partial charge in [-0.3, -0.25) is 4.79 Å². The summed E-state index contributed by atoms with van der Waals surface area (Å²) in [6.07, 6.45) is 1.40. The predicted octanol–water partition coefficient (Wildman–Crippen LogP) is 0.403. The van der Waals surface area contributed by atoms with Crippen LogP contribution in [-0.2, 0) is 33.3 Å². The van der Waals surface area contributed by atoms with Crippen LogP contribution in [0.5, 0.6) is 0 Å². The molecule has 0 aliphatic carbocycles. The van der Waals surface area contributed by atoms with E-state index in [0.717, 1.165) is 12.8 Å². The summed E-state index contributed by atoms with van der Waals surface area (Å²) in [6, 6.07) is 0. The van der Waals surface area contributed by atoms with Crippen molar-refractivity contribution in [1.82, 2.24) is 0 Å². The highest BCUT2D eigenvalue weighted by molar-refractivity contribution is 5.75. The van der Waals surface area contributed by atoms with Gasteiger partial charge in [-0.1, -0.05) is 0 Å². The van der Waals surface area contributed by atoms with E-state index in [2.05, 4.69) is 0 Å². The Balaban J connectivity index is 1.50. The maximum atomic E-state index is 11.9. The van der Waals surface area contributed by atoms with Crippen LogP contribution >= 0.6 is 0 Å². The molecule has 0 spiro atoms. The number of carbonyl (C=O) groups is 2. The highest BCUT2D eigenvalue weighted by Crippen LogP contribution is 2.30. The van der Waals surface area contributed by atoms with Gasteiger partial charge in [-0.05, 0) is 19.3 Å². The van der Waals surface area contributed by atoms with E-state index in [1.807, 2.05) is 0 Å². The SMILES string of the molecule is O=C1C[C@H](C2OCCO2)[C@@H](COC(=O)C2CCCCO2)O1. The Morgan fingerprint density at radius 1 is 1.14 bits per heavy atom. The third-order valence-corrected chi connectivity index (χ3v) is 3.99. The fourth-order valence-corrected chi connectivity index (χ4v) is 2.87. The molecule has 0 radical (unpaired) electrons. The van der Waals surface area contributed by atoms with Crippen LogP contribution in [0.2, 0.25) is 0 Å². The van der Waals surface area contributed by atoms with Gasteiger partial charge in [0.2, 0.25) is 0 Å². The summed E-state index contributed by atoms with van der Waals surface area (Å²) in [6.45, 7) is 1.64. The second kappa shape index (κ2) is 6.72. The van der Waals surface area contributed by atoms with Gasteiger partial charge in [0.1, 0.15) is 12.7 Å². The number of carbonyl (C=O) groups excluding carboxylic acids is 2. The predicted molar refractivity (Wildman–Crippen MR) is 68.2 cm³/mol. The van der Waals surface area contributed by atoms with Crippen molar-refractivity contribution in [2.24, 2.45) is 5.92 Å². The van der Waals surface area contributed by atoms with Crippen molar-refractivity contribution in [1.29, 1.82) is 0 Å². The van der Waals surface area contributed by atoms with Gasteiger partial charge < -0.3 is 23.7 Å². The molecule has 3 saturated heterocycles. The second-order valence-electron chi connectivity index (χ2n) is 5.49. The first-order valence-electron chi connectivity index (χ1n) is 7.45. The Morgan fingerprint density at radius 3 is 2.67 bits per heavy atom. The zero-order valence-electron chi connectivity index (χ0n) is 11.8. The molecule has 0 aromatic carbocycles. The number of hydrogen-bond acceptors (Lipinski definition) is 7. The van der Waals surface area contributed by atoms with Crippen LogP contribution in [-0.4, -0.2) is 56.9 Å². The fraction of sp³-hybridized carbons (Fsp3) is 0.857. The molecule has 118 valence electrons. The monoisotopic (exact) mass is 300 g/mol. The van der Waals surface area contributed by atoms with E-state index >= 15 is 0 Å². The highest BCUT2D eigenvalue weighted by atomic mass is 16.7. The molecule has 0 aromatic rings. The third kappa shape index (κ3) is 3.53. The van der Waals surface area contributed by atoms with Gasteiger partial charge in [-0.2, -0.15) is 0 Å². The minimum Gasteiger partial charge on any atom is -0.460 e. The number of cyclic esters (lactones) is 1. The molecule has 7 nitrogen and oxygen atoms in total. The normalized spacial score (nSPS) is 33.9. The van der Waals surface area contributed by atoms with Crippen LogP contribution in [0.15, 0.2) is 0 Å². The molecule has 0 bridgehead atoms. The van der Waals surface area contributed by atoms with Crippen molar-refractivity contribution in [2.75, 3.05) is 26.4 Å². The molecule has 3 atom stereocenters. The summed E-state index contributed by atoms with van der Waals surface area (Å²) in [5, 5.41) is 0. The summed E-state index contributed by atoms with van der Waals surface area (Å²) >= 11 is 0. The van der Waals surface area contributed by atoms with Crippen molar-refractivity contribution >= 4 is 11.9 Å². The molecule has 0 amide bonds. The molecule has 21 heavy (non-hydrogen) atoms. The second-order valence-corrected chi connectivity index (χ2v) is 5.49. The van der Waals surface area contributed by atoms with E-state index in [1.165, 1.54) is 0 Å². The van der Waals surface area contributed by atoms with Gasteiger partial charge in [-0.25, -0.2) is 4.79 Å². The quantitative estimate of drug-likeness (QED) is 0.695. The fourth-order valence-electron chi connectivity index (χ4n) is 2.87. The third-order valence-electron chi connectivity index (χ3n) is 3.99.